The molecular formula is C24H26. The van der Waals surface area contributed by atoms with E-state index in [4.69, 9.17) is 0 Å². The molecule has 0 amide bonds. The summed E-state index contributed by atoms with van der Waals surface area (Å²) in [6, 6.07) is 28.8. The molecule has 0 saturated heterocycles. The third kappa shape index (κ3) is 3.52. The summed E-state index contributed by atoms with van der Waals surface area (Å²) < 4.78 is 0. The molecule has 0 spiro atoms. The maximum Gasteiger partial charge on any atom is 0.0158 e. The number of hydrogen-bond donors (Lipinski definition) is 0. The molecule has 0 bridgehead atoms. The summed E-state index contributed by atoms with van der Waals surface area (Å²) in [7, 11) is 0. The standard InChI is InChI=1S/C15H14.C7H6.C2H6/c1-15(2)13-9-5-3-7-11(13)12-8-4-6-10-14(12)15;1-7-5-3-2-4-6-7;1-2/h3-10H,1-2H3;3,5-6H,1H3;1-2H3. The van der Waals surface area contributed by atoms with Crippen molar-refractivity contribution in [2.45, 2.75) is 40.0 Å². The van der Waals surface area contributed by atoms with Crippen LogP contribution in [0.2, 0.25) is 0 Å². The topological polar surface area (TPSA) is 0 Å². The van der Waals surface area contributed by atoms with Gasteiger partial charge in [0.2, 0.25) is 0 Å². The molecule has 3 aromatic carbocycles. The molecule has 0 saturated carbocycles. The van der Waals surface area contributed by atoms with Crippen LogP contribution in [0.4, 0.5) is 0 Å². The van der Waals surface area contributed by atoms with E-state index in [1.807, 2.05) is 39.0 Å². The van der Waals surface area contributed by atoms with Crippen molar-refractivity contribution in [3.63, 3.8) is 0 Å². The van der Waals surface area contributed by atoms with Gasteiger partial charge < -0.3 is 0 Å². The largest absolute Gasteiger partial charge is 0.0702 e. The molecule has 3 aromatic rings. The van der Waals surface area contributed by atoms with Crippen molar-refractivity contribution in [2.75, 3.05) is 0 Å². The SMILES string of the molecule is CC.CC1(C)c2ccccc2-c2ccccc21.Cc1cc#ccc1. The van der Waals surface area contributed by atoms with Gasteiger partial charge in [-0.1, -0.05) is 94.4 Å². The molecule has 0 nitrogen and oxygen atoms in total. The highest BCUT2D eigenvalue weighted by molar-refractivity contribution is 5.80. The van der Waals surface area contributed by atoms with Crippen molar-refractivity contribution in [2.24, 2.45) is 0 Å². The number of fused-ring (bicyclic) bond motifs is 3. The Kier molecular flexibility index (Phi) is 5.83. The number of hydrogen-bond acceptors (Lipinski definition) is 0. The van der Waals surface area contributed by atoms with Crippen molar-refractivity contribution in [3.05, 3.63) is 95.6 Å². The summed E-state index contributed by atoms with van der Waals surface area (Å²) in [5, 5.41) is 0. The fourth-order valence-corrected chi connectivity index (χ4v) is 3.10. The quantitative estimate of drug-likeness (QED) is 0.437. The van der Waals surface area contributed by atoms with Gasteiger partial charge in [0.15, 0.2) is 0 Å². The fourth-order valence-electron chi connectivity index (χ4n) is 3.10. The highest BCUT2D eigenvalue weighted by Gasteiger charge is 2.34. The second-order valence-corrected chi connectivity index (χ2v) is 6.23. The molecule has 0 heteroatoms. The molecule has 122 valence electrons. The predicted molar refractivity (Wildman–Crippen MR) is 104 cm³/mol. The van der Waals surface area contributed by atoms with E-state index in [2.05, 4.69) is 74.5 Å². The van der Waals surface area contributed by atoms with Crippen molar-refractivity contribution < 1.29 is 0 Å². The Morgan fingerprint density at radius 1 is 0.708 bits per heavy atom. The summed E-state index contributed by atoms with van der Waals surface area (Å²) in [4.78, 5) is 0. The summed E-state index contributed by atoms with van der Waals surface area (Å²) in [6.07, 6.45) is 0. The summed E-state index contributed by atoms with van der Waals surface area (Å²) >= 11 is 0. The molecule has 1 aliphatic rings. The van der Waals surface area contributed by atoms with Gasteiger partial charge in [-0.05, 0) is 46.9 Å². The number of benzene rings is 2. The molecule has 0 heterocycles. The summed E-state index contributed by atoms with van der Waals surface area (Å²) in [5.74, 6) is 0. The van der Waals surface area contributed by atoms with Crippen LogP contribution < -0.4 is 0 Å². The molecule has 4 rings (SSSR count). The minimum absolute atomic E-state index is 0.160. The molecule has 0 radical (unpaired) electrons. The van der Waals surface area contributed by atoms with E-state index in [0.29, 0.717) is 0 Å². The first-order valence-corrected chi connectivity index (χ1v) is 8.64. The van der Waals surface area contributed by atoms with E-state index in [1.165, 1.54) is 27.8 Å². The minimum atomic E-state index is 0.160. The molecule has 0 aliphatic heterocycles. The van der Waals surface area contributed by atoms with Crippen LogP contribution in [0.3, 0.4) is 0 Å². The van der Waals surface area contributed by atoms with Crippen LogP contribution in [0.25, 0.3) is 11.1 Å². The lowest BCUT2D eigenvalue weighted by atomic mass is 9.82. The maximum atomic E-state index is 2.84. The van der Waals surface area contributed by atoms with Crippen LogP contribution in [0, 0.1) is 19.1 Å². The third-order valence-electron chi connectivity index (χ3n) is 4.30. The molecular weight excluding hydrogens is 288 g/mol. The highest BCUT2D eigenvalue weighted by atomic mass is 14.4. The van der Waals surface area contributed by atoms with Crippen LogP contribution >= 0.6 is 0 Å². The summed E-state index contributed by atoms with van der Waals surface area (Å²) in [6.45, 7) is 10.6. The van der Waals surface area contributed by atoms with Gasteiger partial charge in [-0.25, -0.2) is 0 Å². The Morgan fingerprint density at radius 3 is 1.58 bits per heavy atom. The lowest BCUT2D eigenvalue weighted by Gasteiger charge is -2.20. The van der Waals surface area contributed by atoms with Gasteiger partial charge in [-0.3, -0.25) is 0 Å². The Morgan fingerprint density at radius 2 is 1.21 bits per heavy atom. The lowest BCUT2D eigenvalue weighted by molar-refractivity contribution is 0.660. The van der Waals surface area contributed by atoms with E-state index < -0.39 is 0 Å². The van der Waals surface area contributed by atoms with Crippen molar-refractivity contribution in [1.29, 1.82) is 0 Å². The lowest BCUT2D eigenvalue weighted by Crippen LogP contribution is -2.14. The molecule has 24 heavy (non-hydrogen) atoms. The average Bonchev–Trinajstić information content (AvgIpc) is 2.87. The summed E-state index contributed by atoms with van der Waals surface area (Å²) in [5.41, 5.74) is 7.10. The molecule has 1 aliphatic carbocycles. The number of rotatable bonds is 0. The van der Waals surface area contributed by atoms with Crippen molar-refractivity contribution in [1.82, 2.24) is 0 Å². The molecule has 0 fully saturated rings. The zero-order valence-corrected chi connectivity index (χ0v) is 15.4. The van der Waals surface area contributed by atoms with Crippen LogP contribution in [-0.4, -0.2) is 0 Å². The van der Waals surface area contributed by atoms with E-state index in [0.717, 1.165) is 0 Å². The predicted octanol–water partition coefficient (Wildman–Crippen LogP) is 6.61. The zero-order chi connectivity index (χ0) is 17.6. The van der Waals surface area contributed by atoms with Gasteiger partial charge in [-0.2, -0.15) is 0 Å². The van der Waals surface area contributed by atoms with Gasteiger partial charge in [0.1, 0.15) is 0 Å². The Hall–Kier alpha value is -2.52. The van der Waals surface area contributed by atoms with Crippen LogP contribution in [0.5, 0.6) is 0 Å². The molecule has 0 N–H and O–H groups in total. The van der Waals surface area contributed by atoms with Crippen molar-refractivity contribution >= 4 is 0 Å². The van der Waals surface area contributed by atoms with E-state index >= 15 is 0 Å². The van der Waals surface area contributed by atoms with Gasteiger partial charge in [0.05, 0.1) is 0 Å². The van der Waals surface area contributed by atoms with Crippen LogP contribution in [0.1, 0.15) is 44.4 Å². The second kappa shape index (κ2) is 7.84. The van der Waals surface area contributed by atoms with Crippen LogP contribution in [0.15, 0.2) is 66.7 Å². The monoisotopic (exact) mass is 314 g/mol. The van der Waals surface area contributed by atoms with E-state index in [9.17, 15) is 0 Å². The Balaban J connectivity index is 0.000000196. The zero-order valence-electron chi connectivity index (χ0n) is 15.4. The van der Waals surface area contributed by atoms with Gasteiger partial charge in [0, 0.05) is 5.41 Å². The van der Waals surface area contributed by atoms with Crippen molar-refractivity contribution in [3.8, 4) is 11.1 Å². The van der Waals surface area contributed by atoms with E-state index in [1.54, 1.807) is 0 Å². The highest BCUT2D eigenvalue weighted by Crippen LogP contribution is 2.47. The Labute approximate surface area is 147 Å². The fraction of sp³-hybridized carbons (Fsp3) is 0.250. The maximum absolute atomic E-state index is 2.84. The first-order chi connectivity index (χ1) is 11.6. The average molecular weight is 314 g/mol. The normalized spacial score (nSPS) is 12.4. The van der Waals surface area contributed by atoms with Gasteiger partial charge in [-0.15, -0.1) is 0 Å². The smallest absolute Gasteiger partial charge is 0.0158 e. The second-order valence-electron chi connectivity index (χ2n) is 6.23. The first-order valence-electron chi connectivity index (χ1n) is 8.64. The third-order valence-corrected chi connectivity index (χ3v) is 4.30. The molecule has 0 unspecified atom stereocenters. The van der Waals surface area contributed by atoms with Gasteiger partial charge in [0.25, 0.3) is 0 Å². The number of aryl methyl sites for hydroxylation is 1. The molecule has 0 aromatic heterocycles. The Bertz CT molecular complexity index is 719. The van der Waals surface area contributed by atoms with E-state index in [-0.39, 0.29) is 5.41 Å². The molecule has 0 atom stereocenters. The van der Waals surface area contributed by atoms with Crippen LogP contribution in [-0.2, 0) is 5.41 Å². The van der Waals surface area contributed by atoms with Gasteiger partial charge >= 0.3 is 0 Å². The minimum Gasteiger partial charge on any atom is -0.0702 e. The first kappa shape index (κ1) is 17.8.